The zero-order valence-electron chi connectivity index (χ0n) is 10.2. The molecule has 0 amide bonds. The van der Waals surface area contributed by atoms with Crippen LogP contribution in [-0.4, -0.2) is 39.4 Å². The molecule has 1 fully saturated rings. The van der Waals surface area contributed by atoms with Crippen molar-refractivity contribution in [3.05, 3.63) is 28.7 Å². The van der Waals surface area contributed by atoms with Gasteiger partial charge in [-0.15, -0.1) is 0 Å². The van der Waals surface area contributed by atoms with Gasteiger partial charge in [0.15, 0.2) is 0 Å². The highest BCUT2D eigenvalue weighted by atomic mass is 79.9. The van der Waals surface area contributed by atoms with E-state index < -0.39 is 0 Å². The van der Waals surface area contributed by atoms with Crippen LogP contribution in [0.3, 0.4) is 0 Å². The number of ether oxygens (including phenoxy) is 1. The quantitative estimate of drug-likeness (QED) is 0.923. The predicted octanol–water partition coefficient (Wildman–Crippen LogP) is 2.26. The lowest BCUT2D eigenvalue weighted by Gasteiger charge is -2.26. The minimum Gasteiger partial charge on any atom is -0.376 e. The number of benzene rings is 1. The standard InChI is InChI=1S/C13H19BrN2O/c1-16(12-4-2-3-11(14)9-12)7-5-13-10-15-6-8-17-13/h2-4,9,13,15H,5-8,10H2,1H3. The fourth-order valence-corrected chi connectivity index (χ4v) is 2.37. The first-order valence-corrected chi connectivity index (χ1v) is 6.84. The fourth-order valence-electron chi connectivity index (χ4n) is 1.99. The summed E-state index contributed by atoms with van der Waals surface area (Å²) in [7, 11) is 2.12. The minimum atomic E-state index is 0.360. The van der Waals surface area contributed by atoms with Gasteiger partial charge in [-0.3, -0.25) is 0 Å². The normalized spacial score (nSPS) is 20.2. The van der Waals surface area contributed by atoms with Crippen LogP contribution in [0.15, 0.2) is 28.7 Å². The maximum absolute atomic E-state index is 5.69. The number of rotatable bonds is 4. The van der Waals surface area contributed by atoms with Crippen molar-refractivity contribution < 1.29 is 4.74 Å². The Balaban J connectivity index is 1.82. The molecule has 2 rings (SSSR count). The third kappa shape index (κ3) is 3.98. The van der Waals surface area contributed by atoms with E-state index in [1.807, 2.05) is 6.07 Å². The molecule has 94 valence electrons. The van der Waals surface area contributed by atoms with E-state index in [1.54, 1.807) is 0 Å². The number of anilines is 1. The SMILES string of the molecule is CN(CCC1CNCCO1)c1cccc(Br)c1. The Hall–Kier alpha value is -0.580. The second kappa shape index (κ2) is 6.38. The molecule has 1 aliphatic rings. The highest BCUT2D eigenvalue weighted by Gasteiger charge is 2.13. The van der Waals surface area contributed by atoms with E-state index >= 15 is 0 Å². The van der Waals surface area contributed by atoms with E-state index in [1.165, 1.54) is 5.69 Å². The molecule has 1 atom stereocenters. The van der Waals surface area contributed by atoms with Crippen LogP contribution >= 0.6 is 15.9 Å². The van der Waals surface area contributed by atoms with Gasteiger partial charge in [0, 0.05) is 36.8 Å². The van der Waals surface area contributed by atoms with Gasteiger partial charge in [-0.2, -0.15) is 0 Å². The summed E-state index contributed by atoms with van der Waals surface area (Å²) >= 11 is 3.50. The molecule has 1 aromatic carbocycles. The maximum Gasteiger partial charge on any atom is 0.0716 e. The van der Waals surface area contributed by atoms with E-state index in [-0.39, 0.29) is 0 Å². The molecule has 1 aromatic rings. The lowest BCUT2D eigenvalue weighted by atomic mass is 10.2. The molecule has 3 nitrogen and oxygen atoms in total. The van der Waals surface area contributed by atoms with Gasteiger partial charge in [0.05, 0.1) is 12.7 Å². The monoisotopic (exact) mass is 298 g/mol. The molecule has 1 unspecified atom stereocenters. The average molecular weight is 299 g/mol. The topological polar surface area (TPSA) is 24.5 Å². The predicted molar refractivity (Wildman–Crippen MR) is 74.6 cm³/mol. The lowest BCUT2D eigenvalue weighted by molar-refractivity contribution is 0.0250. The summed E-state index contributed by atoms with van der Waals surface area (Å²) in [6, 6.07) is 8.38. The van der Waals surface area contributed by atoms with E-state index in [0.717, 1.165) is 37.1 Å². The summed E-state index contributed by atoms with van der Waals surface area (Å²) in [4.78, 5) is 2.27. The zero-order valence-corrected chi connectivity index (χ0v) is 11.7. The summed E-state index contributed by atoms with van der Waals surface area (Å²) in [5.74, 6) is 0. The lowest BCUT2D eigenvalue weighted by Crippen LogP contribution is -2.40. The smallest absolute Gasteiger partial charge is 0.0716 e. The molecule has 1 aliphatic heterocycles. The Morgan fingerprint density at radius 3 is 3.12 bits per heavy atom. The summed E-state index contributed by atoms with van der Waals surface area (Å²) < 4.78 is 6.81. The van der Waals surface area contributed by atoms with Crippen LogP contribution in [0.5, 0.6) is 0 Å². The van der Waals surface area contributed by atoms with Crippen LogP contribution in [0.1, 0.15) is 6.42 Å². The van der Waals surface area contributed by atoms with Gasteiger partial charge in [-0.1, -0.05) is 22.0 Å². The fraction of sp³-hybridized carbons (Fsp3) is 0.538. The highest BCUT2D eigenvalue weighted by Crippen LogP contribution is 2.19. The molecule has 17 heavy (non-hydrogen) atoms. The van der Waals surface area contributed by atoms with Crippen molar-refractivity contribution >= 4 is 21.6 Å². The summed E-state index contributed by atoms with van der Waals surface area (Å²) in [5.41, 5.74) is 1.24. The summed E-state index contributed by atoms with van der Waals surface area (Å²) in [6.07, 6.45) is 1.43. The van der Waals surface area contributed by atoms with Gasteiger partial charge in [0.1, 0.15) is 0 Å². The molecule has 0 bridgehead atoms. The number of halogens is 1. The number of nitrogens with zero attached hydrogens (tertiary/aromatic N) is 1. The van der Waals surface area contributed by atoms with Crippen LogP contribution in [0.4, 0.5) is 5.69 Å². The van der Waals surface area contributed by atoms with Crippen LogP contribution in [0.25, 0.3) is 0 Å². The largest absolute Gasteiger partial charge is 0.376 e. The van der Waals surface area contributed by atoms with Gasteiger partial charge in [-0.05, 0) is 24.6 Å². The van der Waals surface area contributed by atoms with Crippen molar-refractivity contribution in [3.63, 3.8) is 0 Å². The van der Waals surface area contributed by atoms with Crippen molar-refractivity contribution in [2.24, 2.45) is 0 Å². The van der Waals surface area contributed by atoms with Crippen molar-refractivity contribution in [2.45, 2.75) is 12.5 Å². The Labute approximate surface area is 111 Å². The molecular formula is C13H19BrN2O. The zero-order chi connectivity index (χ0) is 12.1. The van der Waals surface area contributed by atoms with E-state index in [0.29, 0.717) is 6.10 Å². The number of nitrogens with one attached hydrogen (secondary N) is 1. The van der Waals surface area contributed by atoms with Crippen LogP contribution in [0.2, 0.25) is 0 Å². The van der Waals surface area contributed by atoms with Crippen LogP contribution < -0.4 is 10.2 Å². The Morgan fingerprint density at radius 2 is 2.41 bits per heavy atom. The van der Waals surface area contributed by atoms with E-state index in [2.05, 4.69) is 51.4 Å². The molecule has 0 spiro atoms. The van der Waals surface area contributed by atoms with Gasteiger partial charge in [-0.25, -0.2) is 0 Å². The van der Waals surface area contributed by atoms with Crippen LogP contribution in [-0.2, 0) is 4.74 Å². The molecule has 0 aliphatic carbocycles. The van der Waals surface area contributed by atoms with Crippen LogP contribution in [0, 0.1) is 0 Å². The first kappa shape index (κ1) is 12.9. The van der Waals surface area contributed by atoms with E-state index in [4.69, 9.17) is 4.74 Å². The Bertz CT molecular complexity index is 353. The van der Waals surface area contributed by atoms with Gasteiger partial charge >= 0.3 is 0 Å². The molecule has 0 radical (unpaired) electrons. The first-order chi connectivity index (χ1) is 8.25. The Kier molecular flexibility index (Phi) is 4.83. The number of morpholine rings is 1. The molecule has 1 saturated heterocycles. The third-order valence-corrected chi connectivity index (χ3v) is 3.53. The molecule has 1 N–H and O–H groups in total. The maximum atomic E-state index is 5.69. The van der Waals surface area contributed by atoms with Gasteiger partial charge in [0.25, 0.3) is 0 Å². The molecule has 0 aromatic heterocycles. The van der Waals surface area contributed by atoms with Crippen molar-refractivity contribution in [1.82, 2.24) is 5.32 Å². The highest BCUT2D eigenvalue weighted by molar-refractivity contribution is 9.10. The van der Waals surface area contributed by atoms with Crippen molar-refractivity contribution in [1.29, 1.82) is 0 Å². The Morgan fingerprint density at radius 1 is 1.53 bits per heavy atom. The second-order valence-corrected chi connectivity index (χ2v) is 5.30. The summed E-state index contributed by atoms with van der Waals surface area (Å²) in [6.45, 7) is 3.82. The first-order valence-electron chi connectivity index (χ1n) is 6.05. The van der Waals surface area contributed by atoms with Crippen molar-refractivity contribution in [3.8, 4) is 0 Å². The average Bonchev–Trinajstić information content (AvgIpc) is 2.37. The minimum absolute atomic E-state index is 0.360. The van der Waals surface area contributed by atoms with E-state index in [9.17, 15) is 0 Å². The molecule has 4 heteroatoms. The molecule has 1 heterocycles. The molecular weight excluding hydrogens is 280 g/mol. The van der Waals surface area contributed by atoms with Crippen molar-refractivity contribution in [2.75, 3.05) is 38.2 Å². The number of hydrogen-bond acceptors (Lipinski definition) is 3. The third-order valence-electron chi connectivity index (χ3n) is 3.04. The summed E-state index contributed by atoms with van der Waals surface area (Å²) in [5, 5.41) is 3.36. The van der Waals surface area contributed by atoms with Gasteiger partial charge in [0.2, 0.25) is 0 Å². The number of hydrogen-bond donors (Lipinski definition) is 1. The molecule has 0 saturated carbocycles. The van der Waals surface area contributed by atoms with Gasteiger partial charge < -0.3 is 15.0 Å². The second-order valence-electron chi connectivity index (χ2n) is 4.39.